The SMILES string of the molecule is CC1CC1.CCC1CCC(n2ncc3c(N(CCOCCOCCOCCOCc4cn(CCOCCOCCOCCOCCC(=O)Oc5c(F)cc(F)cc5F)nn4)C4CC(c5ccccc5)C4)nc(Cl)nc32)O1.COP(C)CP(O)O. The van der Waals surface area contributed by atoms with Crippen molar-refractivity contribution in [1.29, 1.82) is 0 Å². The first-order chi connectivity index (χ1) is 40.8. The highest BCUT2D eigenvalue weighted by atomic mass is 35.5. The third kappa shape index (κ3) is 25.3. The fourth-order valence-corrected chi connectivity index (χ4v) is 10.6. The van der Waals surface area contributed by atoms with Crippen molar-refractivity contribution in [2.24, 2.45) is 5.92 Å². The lowest BCUT2D eigenvalue weighted by Gasteiger charge is -2.44. The van der Waals surface area contributed by atoms with Gasteiger partial charge in [0.15, 0.2) is 31.9 Å². The zero-order valence-electron chi connectivity index (χ0n) is 48.5. The molecule has 0 bridgehead atoms. The second-order valence-electron chi connectivity index (χ2n) is 20.0. The summed E-state index contributed by atoms with van der Waals surface area (Å²) < 4.78 is 104. The van der Waals surface area contributed by atoms with Crippen LogP contribution in [0.15, 0.2) is 54.9 Å². The summed E-state index contributed by atoms with van der Waals surface area (Å²) in [6.07, 6.45) is 11.2. The number of benzene rings is 2. The summed E-state index contributed by atoms with van der Waals surface area (Å²) in [5, 5.41) is 14.0. The number of rotatable bonds is 38. The Morgan fingerprint density at radius 3 is 1.94 bits per heavy atom. The number of carbonyl (C=O) groups is 1. The van der Waals surface area contributed by atoms with E-state index in [1.807, 2.05) is 23.6 Å². The molecular formula is C56H82ClF3N8O14P2. The fraction of sp³-hybridized carbons (Fsp3) is 0.643. The number of carbonyl (C=O) groups excluding carboxylic acids is 1. The van der Waals surface area contributed by atoms with E-state index in [1.165, 1.54) is 18.4 Å². The minimum atomic E-state index is -1.74. The topological polar surface area (TPSA) is 237 Å². The molecule has 2 aliphatic carbocycles. The zero-order valence-corrected chi connectivity index (χ0v) is 51.0. The van der Waals surface area contributed by atoms with Crippen LogP contribution in [0.5, 0.6) is 5.75 Å². The van der Waals surface area contributed by atoms with Gasteiger partial charge in [-0.15, -0.1) is 5.10 Å². The van der Waals surface area contributed by atoms with E-state index in [1.54, 1.807) is 18.0 Å². The van der Waals surface area contributed by atoms with Crippen LogP contribution in [-0.4, -0.2) is 188 Å². The van der Waals surface area contributed by atoms with Gasteiger partial charge in [-0.1, -0.05) is 62.2 Å². The Morgan fingerprint density at radius 1 is 0.798 bits per heavy atom. The van der Waals surface area contributed by atoms with E-state index in [0.717, 1.165) is 49.2 Å². The first kappa shape index (κ1) is 69.0. The van der Waals surface area contributed by atoms with E-state index in [9.17, 15) is 18.0 Å². The molecule has 3 unspecified atom stereocenters. The second kappa shape index (κ2) is 38.9. The molecule has 84 heavy (non-hydrogen) atoms. The Labute approximate surface area is 496 Å². The molecule has 2 saturated carbocycles. The molecule has 1 aliphatic heterocycles. The molecule has 8 rings (SSSR count). The van der Waals surface area contributed by atoms with Crippen molar-refractivity contribution < 1.29 is 79.6 Å². The van der Waals surface area contributed by atoms with Crippen LogP contribution in [0, 0.1) is 23.4 Å². The molecule has 3 fully saturated rings. The van der Waals surface area contributed by atoms with Gasteiger partial charge in [0.1, 0.15) is 17.3 Å². The summed E-state index contributed by atoms with van der Waals surface area (Å²) in [6.45, 7) is 13.0. The number of fused-ring (bicyclic) bond motifs is 1. The molecule has 2 aromatic carbocycles. The molecule has 22 nitrogen and oxygen atoms in total. The van der Waals surface area contributed by atoms with Gasteiger partial charge in [-0.2, -0.15) is 15.1 Å². The first-order valence-electron chi connectivity index (χ1n) is 28.5. The van der Waals surface area contributed by atoms with E-state index >= 15 is 0 Å². The Bertz CT molecular complexity index is 2610. The molecule has 0 amide bonds. The molecule has 5 aromatic rings. The zero-order chi connectivity index (χ0) is 59.9. The van der Waals surface area contributed by atoms with Crippen LogP contribution in [0.2, 0.25) is 5.28 Å². The van der Waals surface area contributed by atoms with Crippen molar-refractivity contribution in [3.63, 3.8) is 0 Å². The summed E-state index contributed by atoms with van der Waals surface area (Å²) in [5.74, 6) is -2.85. The van der Waals surface area contributed by atoms with Gasteiger partial charge in [0, 0.05) is 40.0 Å². The maximum atomic E-state index is 13.6. The molecule has 2 N–H and O–H groups in total. The maximum Gasteiger partial charge on any atom is 0.313 e. The molecule has 468 valence electrons. The average Bonchev–Trinajstić information content (AvgIpc) is 2.12. The molecular weight excluding hydrogens is 1160 g/mol. The smallest absolute Gasteiger partial charge is 0.313 e. The number of halogens is 4. The number of hydrogen-bond acceptors (Lipinski definition) is 20. The van der Waals surface area contributed by atoms with Gasteiger partial charge in [0.05, 0.1) is 148 Å². The number of esters is 1. The van der Waals surface area contributed by atoms with Crippen molar-refractivity contribution >= 4 is 50.9 Å². The minimum Gasteiger partial charge on any atom is -0.420 e. The second-order valence-corrected chi connectivity index (χ2v) is 23.8. The van der Waals surface area contributed by atoms with E-state index in [-0.39, 0.29) is 49.9 Å². The van der Waals surface area contributed by atoms with Gasteiger partial charge in [-0.05, 0) is 67.8 Å². The fourth-order valence-electron chi connectivity index (χ4n) is 8.57. The summed E-state index contributed by atoms with van der Waals surface area (Å²) in [5.41, 5.74) is 2.73. The minimum absolute atomic E-state index is 0.0462. The summed E-state index contributed by atoms with van der Waals surface area (Å²) in [7, 11) is -0.757. The molecule has 0 radical (unpaired) electrons. The van der Waals surface area contributed by atoms with E-state index in [0.29, 0.717) is 134 Å². The first-order valence-corrected chi connectivity index (χ1v) is 32.2. The molecule has 3 atom stereocenters. The predicted molar refractivity (Wildman–Crippen MR) is 310 cm³/mol. The van der Waals surface area contributed by atoms with Gasteiger partial charge < -0.3 is 66.6 Å². The number of aromatic nitrogens is 7. The standard InChI is InChI=1S/C49H64ClF3N8O11.C4H8.C3H10O3P2/c1-2-40-8-9-44(71-40)61-48-41(32-54-61)47(55-49(50)56-48)60(39-28-36(29-39)35-6-4-3-5-7-35)12-15-65-18-21-68-24-25-69-26-27-70-34-38-33-59(58-57-38)11-14-64-17-20-67-23-22-66-19-16-63-13-10-45(62)72-46-42(52)30-37(51)31-43(46)53;1-4-2-3-4;1-6-7(2)3-8(4)5/h3-7,30-33,36,39-40,44H,2,8-29,34H2,1H3;4H,2-3H2,1H3;4-5H,3H2,1-2H3. The highest BCUT2D eigenvalue weighted by Crippen LogP contribution is 2.44. The van der Waals surface area contributed by atoms with E-state index in [4.69, 9.17) is 78.6 Å². The van der Waals surface area contributed by atoms with Gasteiger partial charge in [-0.25, -0.2) is 22.5 Å². The average molecular weight is 1250 g/mol. The molecule has 28 heteroatoms. The monoisotopic (exact) mass is 1240 g/mol. The Kier molecular flexibility index (Phi) is 31.9. The third-order valence-electron chi connectivity index (χ3n) is 13.5. The van der Waals surface area contributed by atoms with E-state index in [2.05, 4.69) is 63.0 Å². The molecule has 4 heterocycles. The Balaban J connectivity index is 0.000000844. The van der Waals surface area contributed by atoms with Crippen LogP contribution in [0.3, 0.4) is 0 Å². The highest BCUT2D eigenvalue weighted by Gasteiger charge is 2.37. The third-order valence-corrected chi connectivity index (χ3v) is 16.9. The summed E-state index contributed by atoms with van der Waals surface area (Å²) >= 11 is 6.59. The normalized spacial score (nSPS) is 17.8. The lowest BCUT2D eigenvalue weighted by atomic mass is 9.75. The highest BCUT2D eigenvalue weighted by molar-refractivity contribution is 7.66. The molecule has 3 aromatic heterocycles. The van der Waals surface area contributed by atoms with Gasteiger partial charge in [0.25, 0.3) is 0 Å². The van der Waals surface area contributed by atoms with Crippen molar-refractivity contribution in [2.75, 3.05) is 130 Å². The van der Waals surface area contributed by atoms with Crippen LogP contribution >= 0.6 is 28.1 Å². The van der Waals surface area contributed by atoms with Gasteiger partial charge >= 0.3 is 5.97 Å². The maximum absolute atomic E-state index is 13.6. The van der Waals surface area contributed by atoms with Crippen molar-refractivity contribution in [2.45, 2.75) is 103 Å². The number of nitrogens with zero attached hydrogens (tertiary/aromatic N) is 8. The lowest BCUT2D eigenvalue weighted by Crippen LogP contribution is -2.46. The van der Waals surface area contributed by atoms with Gasteiger partial charge in [-0.3, -0.25) is 4.79 Å². The molecule has 0 spiro atoms. The molecule has 1 saturated heterocycles. The molecule has 3 aliphatic rings. The van der Waals surface area contributed by atoms with Crippen LogP contribution in [-0.2, 0) is 65.1 Å². The van der Waals surface area contributed by atoms with Crippen molar-refractivity contribution in [3.05, 3.63) is 88.9 Å². The Hall–Kier alpha value is -4.14. The van der Waals surface area contributed by atoms with Crippen LogP contribution in [0.4, 0.5) is 19.0 Å². The van der Waals surface area contributed by atoms with Crippen molar-refractivity contribution in [3.8, 4) is 5.75 Å². The van der Waals surface area contributed by atoms with Crippen LogP contribution in [0.25, 0.3) is 11.0 Å². The summed E-state index contributed by atoms with van der Waals surface area (Å²) in [4.78, 5) is 40.3. The number of anilines is 1. The van der Waals surface area contributed by atoms with Crippen LogP contribution < -0.4 is 9.64 Å². The van der Waals surface area contributed by atoms with Crippen molar-refractivity contribution in [1.82, 2.24) is 34.7 Å². The number of ether oxygens (including phenoxy) is 10. The van der Waals surface area contributed by atoms with Gasteiger partial charge in [0.2, 0.25) is 11.0 Å². The van der Waals surface area contributed by atoms with E-state index < -0.39 is 45.7 Å². The predicted octanol–water partition coefficient (Wildman–Crippen LogP) is 8.99. The lowest BCUT2D eigenvalue weighted by molar-refractivity contribution is -0.136. The largest absolute Gasteiger partial charge is 0.420 e. The van der Waals surface area contributed by atoms with Crippen LogP contribution in [0.1, 0.15) is 88.6 Å². The number of hydrogen-bond donors (Lipinski definition) is 2. The summed E-state index contributed by atoms with van der Waals surface area (Å²) in [6, 6.07) is 11.7. The quantitative estimate of drug-likeness (QED) is 0.0123. The Morgan fingerprint density at radius 2 is 1.38 bits per heavy atom.